The second-order valence-electron chi connectivity index (χ2n) is 6.32. The van der Waals surface area contributed by atoms with Crippen molar-refractivity contribution in [3.8, 4) is 11.5 Å². The van der Waals surface area contributed by atoms with Crippen molar-refractivity contribution in [2.24, 2.45) is 0 Å². The van der Waals surface area contributed by atoms with Crippen LogP contribution < -0.4 is 5.32 Å². The minimum absolute atomic E-state index is 0.0570. The molecule has 3 aromatic rings. The Morgan fingerprint density at radius 1 is 1.03 bits per heavy atom. The van der Waals surface area contributed by atoms with Crippen LogP contribution in [0.3, 0.4) is 0 Å². The second-order valence-corrected chi connectivity index (χ2v) is 7.25. The summed E-state index contributed by atoms with van der Waals surface area (Å²) in [5.74, 6) is -1.40. The molecule has 3 rings (SSSR count). The number of carbonyl (C=O) groups is 3. The van der Waals surface area contributed by atoms with Gasteiger partial charge < -0.3 is 19.2 Å². The molecular formula is C21H19N3O6S. The Kier molecular flexibility index (Phi) is 7.03. The maximum absolute atomic E-state index is 12.4. The number of nitrogens with one attached hydrogen (secondary N) is 1. The quantitative estimate of drug-likeness (QED) is 0.434. The van der Waals surface area contributed by atoms with E-state index in [1.165, 1.54) is 32.4 Å². The Morgan fingerprint density at radius 2 is 1.81 bits per heavy atom. The fourth-order valence-corrected chi connectivity index (χ4v) is 3.22. The predicted molar refractivity (Wildman–Crippen MR) is 113 cm³/mol. The van der Waals surface area contributed by atoms with E-state index in [4.69, 9.17) is 9.15 Å². The molecule has 0 saturated heterocycles. The summed E-state index contributed by atoms with van der Waals surface area (Å²) >= 11 is 1.04. The molecule has 1 N–H and O–H groups in total. The molecule has 0 aliphatic carbocycles. The molecule has 31 heavy (non-hydrogen) atoms. The Hall–Kier alpha value is -3.66. The van der Waals surface area contributed by atoms with Crippen molar-refractivity contribution in [2.45, 2.75) is 12.1 Å². The van der Waals surface area contributed by atoms with E-state index in [2.05, 4.69) is 20.3 Å². The zero-order valence-corrected chi connectivity index (χ0v) is 17.8. The third kappa shape index (κ3) is 5.48. The molecule has 0 bridgehead atoms. The third-order valence-corrected chi connectivity index (χ3v) is 4.94. The third-order valence-electron chi connectivity index (χ3n) is 4.12. The van der Waals surface area contributed by atoms with Crippen molar-refractivity contribution >= 4 is 35.3 Å². The summed E-state index contributed by atoms with van der Waals surface area (Å²) in [5.41, 5.74) is 2.25. The average Bonchev–Trinajstić information content (AvgIpc) is 3.26. The van der Waals surface area contributed by atoms with E-state index < -0.39 is 17.8 Å². The first-order valence-electron chi connectivity index (χ1n) is 9.05. The highest BCUT2D eigenvalue weighted by Crippen LogP contribution is 2.25. The van der Waals surface area contributed by atoms with Gasteiger partial charge in [0, 0.05) is 5.56 Å². The van der Waals surface area contributed by atoms with Gasteiger partial charge in [0.25, 0.3) is 5.22 Å². The molecule has 0 saturated carbocycles. The van der Waals surface area contributed by atoms with Crippen LogP contribution in [0.25, 0.3) is 11.5 Å². The minimum atomic E-state index is -0.654. The van der Waals surface area contributed by atoms with Crippen molar-refractivity contribution in [1.29, 1.82) is 0 Å². The monoisotopic (exact) mass is 441 g/mol. The van der Waals surface area contributed by atoms with Gasteiger partial charge in [-0.2, -0.15) is 0 Å². The van der Waals surface area contributed by atoms with Crippen LogP contribution in [0, 0.1) is 6.92 Å². The number of hydrogen-bond donors (Lipinski definition) is 1. The van der Waals surface area contributed by atoms with Crippen LogP contribution in [0.4, 0.5) is 5.69 Å². The zero-order chi connectivity index (χ0) is 22.4. The van der Waals surface area contributed by atoms with Crippen molar-refractivity contribution in [3.05, 3.63) is 59.2 Å². The number of hydrogen-bond acceptors (Lipinski definition) is 9. The Balaban J connectivity index is 1.69. The number of amides is 1. The maximum atomic E-state index is 12.4. The van der Waals surface area contributed by atoms with Gasteiger partial charge in [0.1, 0.15) is 0 Å². The van der Waals surface area contributed by atoms with Crippen molar-refractivity contribution in [1.82, 2.24) is 10.2 Å². The van der Waals surface area contributed by atoms with Gasteiger partial charge in [-0.3, -0.25) is 4.79 Å². The first kappa shape index (κ1) is 22.0. The molecule has 1 aromatic heterocycles. The van der Waals surface area contributed by atoms with Crippen LogP contribution in [0.2, 0.25) is 0 Å². The zero-order valence-electron chi connectivity index (χ0n) is 17.0. The number of thioether (sulfide) groups is 1. The largest absolute Gasteiger partial charge is 0.465 e. The van der Waals surface area contributed by atoms with Crippen molar-refractivity contribution in [2.75, 3.05) is 25.3 Å². The number of aromatic nitrogens is 2. The Bertz CT molecular complexity index is 1130. The number of methoxy groups -OCH3 is 2. The van der Waals surface area contributed by atoms with Crippen molar-refractivity contribution < 1.29 is 28.3 Å². The molecule has 0 fully saturated rings. The van der Waals surface area contributed by atoms with Crippen LogP contribution in [0.1, 0.15) is 26.3 Å². The van der Waals surface area contributed by atoms with Crippen LogP contribution in [-0.2, 0) is 14.3 Å². The number of esters is 2. The van der Waals surface area contributed by atoms with Crippen molar-refractivity contribution in [3.63, 3.8) is 0 Å². The van der Waals surface area contributed by atoms with E-state index >= 15 is 0 Å². The lowest BCUT2D eigenvalue weighted by molar-refractivity contribution is -0.113. The molecule has 10 heteroatoms. The van der Waals surface area contributed by atoms with Gasteiger partial charge in [0.2, 0.25) is 11.8 Å². The summed E-state index contributed by atoms with van der Waals surface area (Å²) in [7, 11) is 2.46. The predicted octanol–water partition coefficient (Wildman–Crippen LogP) is 3.35. The van der Waals surface area contributed by atoms with Gasteiger partial charge in [-0.15, -0.1) is 10.2 Å². The smallest absolute Gasteiger partial charge is 0.339 e. The average molecular weight is 441 g/mol. The van der Waals surface area contributed by atoms with Gasteiger partial charge in [0.15, 0.2) is 0 Å². The highest BCUT2D eigenvalue weighted by molar-refractivity contribution is 7.99. The molecule has 0 aliphatic rings. The van der Waals surface area contributed by atoms with Gasteiger partial charge in [-0.05, 0) is 37.3 Å². The topological polar surface area (TPSA) is 121 Å². The van der Waals surface area contributed by atoms with Gasteiger partial charge in [0.05, 0.1) is 36.8 Å². The molecule has 0 unspecified atom stereocenters. The number of rotatable bonds is 7. The van der Waals surface area contributed by atoms with Crippen LogP contribution in [-0.4, -0.2) is 48.0 Å². The van der Waals surface area contributed by atoms with E-state index in [0.29, 0.717) is 5.89 Å². The highest BCUT2D eigenvalue weighted by atomic mass is 32.2. The first-order chi connectivity index (χ1) is 14.9. The summed E-state index contributed by atoms with van der Waals surface area (Å²) in [4.78, 5) is 36.2. The highest BCUT2D eigenvalue weighted by Gasteiger charge is 2.18. The fraction of sp³-hybridized carbons (Fsp3) is 0.190. The number of aryl methyl sites for hydroxylation is 1. The molecular weight excluding hydrogens is 422 g/mol. The standard InChI is InChI=1S/C21H19N3O6S/c1-12-5-4-6-13(9-12)18-23-24-21(30-18)31-11-17(25)22-16-10-14(19(26)28-2)7-8-15(16)20(27)29-3/h4-10H,11H2,1-3H3,(H,22,25). The lowest BCUT2D eigenvalue weighted by Gasteiger charge is -2.11. The van der Waals surface area contributed by atoms with Crippen LogP contribution in [0.15, 0.2) is 52.1 Å². The molecule has 0 aliphatic heterocycles. The number of benzene rings is 2. The number of anilines is 1. The minimum Gasteiger partial charge on any atom is -0.465 e. The van der Waals surface area contributed by atoms with E-state index in [1.54, 1.807) is 0 Å². The summed E-state index contributed by atoms with van der Waals surface area (Å²) < 4.78 is 15.0. The maximum Gasteiger partial charge on any atom is 0.339 e. The number of carbonyl (C=O) groups excluding carboxylic acids is 3. The van der Waals surface area contributed by atoms with E-state index in [1.807, 2.05) is 31.2 Å². The second kappa shape index (κ2) is 9.90. The molecule has 0 atom stereocenters. The van der Waals surface area contributed by atoms with Crippen LogP contribution in [0.5, 0.6) is 0 Å². The molecule has 0 radical (unpaired) electrons. The van der Waals surface area contributed by atoms with E-state index in [0.717, 1.165) is 22.9 Å². The molecule has 1 heterocycles. The first-order valence-corrected chi connectivity index (χ1v) is 10.0. The Labute approximate surface area is 182 Å². The summed E-state index contributed by atoms with van der Waals surface area (Å²) in [6, 6.07) is 11.7. The lowest BCUT2D eigenvalue weighted by atomic mass is 10.1. The van der Waals surface area contributed by atoms with Gasteiger partial charge in [-0.25, -0.2) is 9.59 Å². The molecule has 0 spiro atoms. The number of ether oxygens (including phenoxy) is 2. The molecule has 160 valence electrons. The van der Waals surface area contributed by atoms with Crippen LogP contribution >= 0.6 is 11.8 Å². The fourth-order valence-electron chi connectivity index (χ4n) is 2.66. The molecule has 9 nitrogen and oxygen atoms in total. The lowest BCUT2D eigenvalue weighted by Crippen LogP contribution is -2.18. The summed E-state index contributed by atoms with van der Waals surface area (Å²) in [6.45, 7) is 1.96. The van der Waals surface area contributed by atoms with E-state index in [-0.39, 0.29) is 27.8 Å². The summed E-state index contributed by atoms with van der Waals surface area (Å²) in [6.07, 6.45) is 0. The van der Waals surface area contributed by atoms with Gasteiger partial charge >= 0.3 is 11.9 Å². The SMILES string of the molecule is COC(=O)c1ccc(C(=O)OC)c(NC(=O)CSc2nnc(-c3cccc(C)c3)o2)c1. The summed E-state index contributed by atoms with van der Waals surface area (Å²) in [5, 5.41) is 10.8. The van der Waals surface area contributed by atoms with E-state index in [9.17, 15) is 14.4 Å². The Morgan fingerprint density at radius 3 is 2.52 bits per heavy atom. The molecule has 1 amide bonds. The number of nitrogens with zero attached hydrogens (tertiary/aromatic N) is 2. The van der Waals surface area contributed by atoms with Gasteiger partial charge in [-0.1, -0.05) is 29.5 Å². The molecule has 2 aromatic carbocycles. The normalized spacial score (nSPS) is 10.4.